The summed E-state index contributed by atoms with van der Waals surface area (Å²) in [7, 11) is 1.61. The number of pyridine rings is 1. The number of aromatic nitrogens is 1. The minimum atomic E-state index is -0.231. The van der Waals surface area contributed by atoms with Crippen molar-refractivity contribution in [3.63, 3.8) is 0 Å². The normalized spacial score (nSPS) is 12.7. The van der Waals surface area contributed by atoms with E-state index in [-0.39, 0.29) is 11.8 Å². The Morgan fingerprint density at radius 2 is 2.33 bits per heavy atom. The molecule has 0 spiro atoms. The molecule has 1 aromatic rings. The molecule has 1 N–H and O–H groups in total. The van der Waals surface area contributed by atoms with Gasteiger partial charge >= 0.3 is 0 Å². The van der Waals surface area contributed by atoms with Gasteiger partial charge in [0, 0.05) is 25.9 Å². The predicted molar refractivity (Wildman–Crippen MR) is 59.9 cm³/mol. The first-order valence-electron chi connectivity index (χ1n) is 5.20. The quantitative estimate of drug-likeness (QED) is 0.712. The van der Waals surface area contributed by atoms with Crippen LogP contribution in [-0.2, 0) is 4.74 Å². The lowest BCUT2D eigenvalue weighted by Gasteiger charge is -2.18. The van der Waals surface area contributed by atoms with Gasteiger partial charge in [0.2, 0.25) is 0 Å². The lowest BCUT2D eigenvalue weighted by Crippen LogP contribution is -2.32. The lowest BCUT2D eigenvalue weighted by atomic mass is 10.4. The van der Waals surface area contributed by atoms with Gasteiger partial charge in [0.1, 0.15) is 6.23 Å². The van der Waals surface area contributed by atoms with Gasteiger partial charge in [-0.1, -0.05) is 13.0 Å². The average molecular weight is 210 g/mol. The highest BCUT2D eigenvalue weighted by molar-refractivity contribution is 4.94. The van der Waals surface area contributed by atoms with Gasteiger partial charge in [0.25, 0.3) is 5.56 Å². The molecule has 0 saturated heterocycles. The third-order valence-electron chi connectivity index (χ3n) is 2.18. The fourth-order valence-electron chi connectivity index (χ4n) is 1.38. The fourth-order valence-corrected chi connectivity index (χ4v) is 1.38. The van der Waals surface area contributed by atoms with Crippen LogP contribution in [0.1, 0.15) is 19.6 Å². The van der Waals surface area contributed by atoms with Crippen LogP contribution in [-0.4, -0.2) is 24.8 Å². The van der Waals surface area contributed by atoms with Gasteiger partial charge in [-0.2, -0.15) is 0 Å². The summed E-state index contributed by atoms with van der Waals surface area (Å²) in [5.41, 5.74) is -0.0392. The fraction of sp³-hybridized carbons (Fsp3) is 0.545. The molecule has 0 amide bonds. The Morgan fingerprint density at radius 3 is 2.93 bits per heavy atom. The SMILES string of the molecule is CCCNCC(OC)n1ccccc1=O. The molecule has 0 aliphatic carbocycles. The maximum absolute atomic E-state index is 11.5. The topological polar surface area (TPSA) is 43.3 Å². The van der Waals surface area contributed by atoms with Crippen molar-refractivity contribution < 1.29 is 4.74 Å². The summed E-state index contributed by atoms with van der Waals surface area (Å²) in [6.07, 6.45) is 2.58. The largest absolute Gasteiger partial charge is 0.360 e. The number of hydrogen-bond acceptors (Lipinski definition) is 3. The van der Waals surface area contributed by atoms with Crippen LogP contribution in [0.2, 0.25) is 0 Å². The van der Waals surface area contributed by atoms with E-state index in [0.29, 0.717) is 6.54 Å². The zero-order chi connectivity index (χ0) is 11.1. The number of rotatable bonds is 6. The summed E-state index contributed by atoms with van der Waals surface area (Å²) in [6.45, 7) is 3.68. The third kappa shape index (κ3) is 3.49. The summed E-state index contributed by atoms with van der Waals surface area (Å²) in [4.78, 5) is 11.5. The maximum atomic E-state index is 11.5. The number of methoxy groups -OCH3 is 1. The molecule has 0 bridgehead atoms. The van der Waals surface area contributed by atoms with E-state index >= 15 is 0 Å². The van der Waals surface area contributed by atoms with Crippen molar-refractivity contribution in [3.8, 4) is 0 Å². The van der Waals surface area contributed by atoms with E-state index in [4.69, 9.17) is 4.74 Å². The summed E-state index contributed by atoms with van der Waals surface area (Å²) in [5, 5.41) is 3.23. The van der Waals surface area contributed by atoms with E-state index in [2.05, 4.69) is 12.2 Å². The van der Waals surface area contributed by atoms with Gasteiger partial charge in [-0.3, -0.25) is 9.36 Å². The van der Waals surface area contributed by atoms with Crippen molar-refractivity contribution in [1.29, 1.82) is 0 Å². The van der Waals surface area contributed by atoms with E-state index in [1.807, 2.05) is 6.07 Å². The molecule has 15 heavy (non-hydrogen) atoms. The van der Waals surface area contributed by atoms with E-state index in [9.17, 15) is 4.79 Å². The molecule has 1 rings (SSSR count). The summed E-state index contributed by atoms with van der Waals surface area (Å²) in [6, 6.07) is 5.09. The third-order valence-corrected chi connectivity index (χ3v) is 2.18. The molecule has 0 radical (unpaired) electrons. The van der Waals surface area contributed by atoms with Crippen molar-refractivity contribution in [3.05, 3.63) is 34.7 Å². The van der Waals surface area contributed by atoms with Crippen LogP contribution in [0.4, 0.5) is 0 Å². The van der Waals surface area contributed by atoms with Gasteiger partial charge in [0.15, 0.2) is 0 Å². The number of hydrogen-bond donors (Lipinski definition) is 1. The Hall–Kier alpha value is -1.13. The predicted octanol–water partition coefficient (Wildman–Crippen LogP) is 0.993. The molecule has 0 aliphatic heterocycles. The molecular formula is C11H18N2O2. The molecule has 0 saturated carbocycles. The molecule has 0 aliphatic rings. The first-order chi connectivity index (χ1) is 7.29. The first kappa shape index (κ1) is 11.9. The second-order valence-electron chi connectivity index (χ2n) is 3.34. The molecule has 1 aromatic heterocycles. The Bertz CT molecular complexity index is 335. The first-order valence-corrected chi connectivity index (χ1v) is 5.20. The molecule has 1 heterocycles. The minimum absolute atomic E-state index is 0.0392. The van der Waals surface area contributed by atoms with Crippen LogP contribution in [0.5, 0.6) is 0 Å². The van der Waals surface area contributed by atoms with Crippen LogP contribution in [0.25, 0.3) is 0 Å². The van der Waals surface area contributed by atoms with Gasteiger partial charge in [-0.05, 0) is 19.0 Å². The Morgan fingerprint density at radius 1 is 1.53 bits per heavy atom. The Kier molecular flexibility index (Phi) is 5.07. The van der Waals surface area contributed by atoms with Crippen LogP contribution in [0, 0.1) is 0 Å². The molecule has 4 heteroatoms. The van der Waals surface area contributed by atoms with Gasteiger partial charge in [0.05, 0.1) is 0 Å². The van der Waals surface area contributed by atoms with Crippen molar-refractivity contribution >= 4 is 0 Å². The molecule has 0 aromatic carbocycles. The lowest BCUT2D eigenvalue weighted by molar-refractivity contribution is 0.0416. The Labute approximate surface area is 89.9 Å². The molecule has 1 atom stereocenters. The highest BCUT2D eigenvalue weighted by atomic mass is 16.5. The number of ether oxygens (including phenoxy) is 1. The van der Waals surface area contributed by atoms with E-state index in [0.717, 1.165) is 13.0 Å². The smallest absolute Gasteiger partial charge is 0.252 e. The van der Waals surface area contributed by atoms with E-state index in [1.54, 1.807) is 23.9 Å². The standard InChI is InChI=1S/C11H18N2O2/c1-3-7-12-9-11(15-2)13-8-5-4-6-10(13)14/h4-6,8,11-12H,3,7,9H2,1-2H3. The molecule has 4 nitrogen and oxygen atoms in total. The second kappa shape index (κ2) is 6.37. The van der Waals surface area contributed by atoms with Crippen molar-refractivity contribution in [2.75, 3.05) is 20.2 Å². The molecular weight excluding hydrogens is 192 g/mol. The maximum Gasteiger partial charge on any atom is 0.252 e. The van der Waals surface area contributed by atoms with Crippen LogP contribution < -0.4 is 10.9 Å². The zero-order valence-corrected chi connectivity index (χ0v) is 9.27. The van der Waals surface area contributed by atoms with Gasteiger partial charge in [-0.15, -0.1) is 0 Å². The molecule has 1 unspecified atom stereocenters. The zero-order valence-electron chi connectivity index (χ0n) is 9.27. The summed E-state index contributed by atoms with van der Waals surface area (Å²) in [5.74, 6) is 0. The molecule has 0 fully saturated rings. The van der Waals surface area contributed by atoms with E-state index < -0.39 is 0 Å². The number of nitrogens with one attached hydrogen (secondary N) is 1. The highest BCUT2D eigenvalue weighted by Crippen LogP contribution is 2.01. The van der Waals surface area contributed by atoms with E-state index in [1.165, 1.54) is 6.07 Å². The second-order valence-corrected chi connectivity index (χ2v) is 3.34. The van der Waals surface area contributed by atoms with Gasteiger partial charge < -0.3 is 10.1 Å². The van der Waals surface area contributed by atoms with Crippen LogP contribution in [0.3, 0.4) is 0 Å². The summed E-state index contributed by atoms with van der Waals surface area (Å²) < 4.78 is 6.85. The van der Waals surface area contributed by atoms with Crippen molar-refractivity contribution in [2.24, 2.45) is 0 Å². The monoisotopic (exact) mass is 210 g/mol. The van der Waals surface area contributed by atoms with Crippen LogP contribution >= 0.6 is 0 Å². The average Bonchev–Trinajstić information content (AvgIpc) is 2.26. The minimum Gasteiger partial charge on any atom is -0.360 e. The van der Waals surface area contributed by atoms with Crippen molar-refractivity contribution in [1.82, 2.24) is 9.88 Å². The van der Waals surface area contributed by atoms with Crippen LogP contribution in [0.15, 0.2) is 29.2 Å². The van der Waals surface area contributed by atoms with Crippen molar-refractivity contribution in [2.45, 2.75) is 19.6 Å². The summed E-state index contributed by atoms with van der Waals surface area (Å²) >= 11 is 0. The number of nitrogens with zero attached hydrogens (tertiary/aromatic N) is 1. The highest BCUT2D eigenvalue weighted by Gasteiger charge is 2.08. The Balaban J connectivity index is 2.66. The van der Waals surface area contributed by atoms with Gasteiger partial charge in [-0.25, -0.2) is 0 Å². The molecule has 84 valence electrons.